The second kappa shape index (κ2) is 6.13. The molecule has 2 aromatic rings. The topological polar surface area (TPSA) is 32.3 Å². The fourth-order valence-corrected chi connectivity index (χ4v) is 2.79. The first-order valence-corrected chi connectivity index (χ1v) is 7.23. The maximum Gasteiger partial charge on any atom is 0.322 e. The lowest BCUT2D eigenvalue weighted by atomic mass is 10.0. The molecule has 1 unspecified atom stereocenters. The van der Waals surface area contributed by atoms with Crippen molar-refractivity contribution in [2.75, 3.05) is 11.9 Å². The lowest BCUT2D eigenvalue weighted by molar-refractivity contribution is 0.207. The van der Waals surface area contributed by atoms with Crippen LogP contribution in [0.4, 0.5) is 19.3 Å². The molecule has 1 saturated heterocycles. The van der Waals surface area contributed by atoms with Crippen molar-refractivity contribution in [3.63, 3.8) is 0 Å². The number of hydrogen-bond acceptors (Lipinski definition) is 1. The minimum Gasteiger partial charge on any atom is -0.317 e. The second-order valence-electron chi connectivity index (χ2n) is 5.31. The minimum absolute atomic E-state index is 0.104. The number of para-hydroxylation sites is 1. The molecule has 5 heteroatoms. The van der Waals surface area contributed by atoms with E-state index in [0.29, 0.717) is 6.54 Å². The van der Waals surface area contributed by atoms with Gasteiger partial charge in [-0.2, -0.15) is 0 Å². The van der Waals surface area contributed by atoms with Crippen molar-refractivity contribution in [1.82, 2.24) is 4.90 Å². The smallest absolute Gasteiger partial charge is 0.317 e. The van der Waals surface area contributed by atoms with Crippen LogP contribution < -0.4 is 5.32 Å². The number of halogens is 2. The van der Waals surface area contributed by atoms with Gasteiger partial charge in [0.25, 0.3) is 0 Å². The molecule has 0 aliphatic carbocycles. The second-order valence-corrected chi connectivity index (χ2v) is 5.31. The molecule has 0 aromatic heterocycles. The number of hydrogen-bond donors (Lipinski definition) is 1. The van der Waals surface area contributed by atoms with Crippen molar-refractivity contribution in [2.24, 2.45) is 0 Å². The normalized spacial score (nSPS) is 17.5. The molecule has 114 valence electrons. The summed E-state index contributed by atoms with van der Waals surface area (Å²) in [6, 6.07) is 11.8. The highest BCUT2D eigenvalue weighted by molar-refractivity contribution is 5.89. The molecule has 0 bridgehead atoms. The molecule has 1 atom stereocenters. The fourth-order valence-electron chi connectivity index (χ4n) is 2.79. The Balaban J connectivity index is 1.76. The van der Waals surface area contributed by atoms with Gasteiger partial charge in [-0.15, -0.1) is 0 Å². The number of amides is 2. The van der Waals surface area contributed by atoms with E-state index >= 15 is 0 Å². The van der Waals surface area contributed by atoms with Gasteiger partial charge in [-0.1, -0.05) is 24.3 Å². The van der Waals surface area contributed by atoms with E-state index in [4.69, 9.17) is 0 Å². The van der Waals surface area contributed by atoms with Crippen LogP contribution >= 0.6 is 0 Å². The van der Waals surface area contributed by atoms with Crippen LogP contribution in [0.3, 0.4) is 0 Å². The Morgan fingerprint density at radius 1 is 1.09 bits per heavy atom. The highest BCUT2D eigenvalue weighted by atomic mass is 19.1. The molecule has 1 aliphatic rings. The van der Waals surface area contributed by atoms with E-state index < -0.39 is 5.82 Å². The highest BCUT2D eigenvalue weighted by Crippen LogP contribution is 2.32. The lowest BCUT2D eigenvalue weighted by Crippen LogP contribution is -2.34. The highest BCUT2D eigenvalue weighted by Gasteiger charge is 2.30. The average molecular weight is 302 g/mol. The number of urea groups is 1. The summed E-state index contributed by atoms with van der Waals surface area (Å²) < 4.78 is 26.7. The number of carbonyl (C=O) groups excluding carboxylic acids is 1. The molecular formula is C17H16F2N2O. The third-order valence-corrected chi connectivity index (χ3v) is 3.88. The first kappa shape index (κ1) is 14.5. The summed E-state index contributed by atoms with van der Waals surface area (Å²) in [5, 5.41) is 2.60. The zero-order valence-electron chi connectivity index (χ0n) is 11.9. The van der Waals surface area contributed by atoms with Gasteiger partial charge in [-0.25, -0.2) is 13.6 Å². The van der Waals surface area contributed by atoms with Crippen LogP contribution in [-0.4, -0.2) is 17.5 Å². The summed E-state index contributed by atoms with van der Waals surface area (Å²) in [6.07, 6.45) is 1.68. The quantitative estimate of drug-likeness (QED) is 0.879. The van der Waals surface area contributed by atoms with Crippen LogP contribution in [0.1, 0.15) is 24.4 Å². The standard InChI is InChI=1S/C17H16F2N2O/c18-13-9-7-12(8-10-13)16-6-3-11-21(16)17(22)20-15-5-2-1-4-14(15)19/h1-2,4-5,7-10,16H,3,6,11H2,(H,20,22). The molecule has 1 fully saturated rings. The largest absolute Gasteiger partial charge is 0.322 e. The van der Waals surface area contributed by atoms with Crippen molar-refractivity contribution in [1.29, 1.82) is 0 Å². The van der Waals surface area contributed by atoms with Crippen LogP contribution in [0.25, 0.3) is 0 Å². The van der Waals surface area contributed by atoms with Gasteiger partial charge in [-0.3, -0.25) is 0 Å². The van der Waals surface area contributed by atoms with Crippen LogP contribution in [0.15, 0.2) is 48.5 Å². The molecule has 1 heterocycles. The van der Waals surface area contributed by atoms with E-state index in [1.807, 2.05) is 0 Å². The number of nitrogens with one attached hydrogen (secondary N) is 1. The molecule has 22 heavy (non-hydrogen) atoms. The first-order valence-electron chi connectivity index (χ1n) is 7.23. The van der Waals surface area contributed by atoms with Gasteiger partial charge in [-0.05, 0) is 42.7 Å². The van der Waals surface area contributed by atoms with Crippen LogP contribution in [0, 0.1) is 11.6 Å². The van der Waals surface area contributed by atoms with Gasteiger partial charge in [0.2, 0.25) is 0 Å². The Kier molecular flexibility index (Phi) is 4.04. The van der Waals surface area contributed by atoms with Crippen LogP contribution in [-0.2, 0) is 0 Å². The van der Waals surface area contributed by atoms with Crippen molar-refractivity contribution in [3.8, 4) is 0 Å². The molecule has 0 radical (unpaired) electrons. The molecular weight excluding hydrogens is 286 g/mol. The van der Waals surface area contributed by atoms with Crippen LogP contribution in [0.5, 0.6) is 0 Å². The van der Waals surface area contributed by atoms with Gasteiger partial charge in [0.05, 0.1) is 11.7 Å². The minimum atomic E-state index is -0.464. The Bertz CT molecular complexity index is 673. The van der Waals surface area contributed by atoms with E-state index in [1.165, 1.54) is 24.3 Å². The van der Waals surface area contributed by atoms with E-state index in [9.17, 15) is 13.6 Å². The predicted octanol–water partition coefficient (Wildman–Crippen LogP) is 4.33. The molecule has 3 rings (SSSR count). The Hall–Kier alpha value is -2.43. The molecule has 2 amide bonds. The lowest BCUT2D eigenvalue weighted by Gasteiger charge is -2.25. The van der Waals surface area contributed by atoms with E-state index in [2.05, 4.69) is 5.32 Å². The maximum absolute atomic E-state index is 13.6. The summed E-state index contributed by atoms with van der Waals surface area (Å²) in [5.41, 5.74) is 1.06. The first-order chi connectivity index (χ1) is 10.6. The Morgan fingerprint density at radius 2 is 1.82 bits per heavy atom. The SMILES string of the molecule is O=C(Nc1ccccc1F)N1CCCC1c1ccc(F)cc1. The van der Waals surface area contributed by atoms with E-state index in [0.717, 1.165) is 18.4 Å². The predicted molar refractivity (Wildman–Crippen MR) is 80.5 cm³/mol. The number of anilines is 1. The summed E-state index contributed by atoms with van der Waals surface area (Å²) in [4.78, 5) is 14.1. The summed E-state index contributed by atoms with van der Waals surface area (Å²) >= 11 is 0. The Labute approximate surface area is 127 Å². The van der Waals surface area contributed by atoms with Crippen molar-refractivity contribution >= 4 is 11.7 Å². The van der Waals surface area contributed by atoms with Gasteiger partial charge >= 0.3 is 6.03 Å². The molecule has 1 N–H and O–H groups in total. The average Bonchev–Trinajstić information content (AvgIpc) is 3.00. The number of carbonyl (C=O) groups is 1. The zero-order valence-corrected chi connectivity index (χ0v) is 11.9. The van der Waals surface area contributed by atoms with Crippen LogP contribution in [0.2, 0.25) is 0 Å². The zero-order chi connectivity index (χ0) is 15.5. The van der Waals surface area contributed by atoms with E-state index in [-0.39, 0.29) is 23.6 Å². The monoisotopic (exact) mass is 302 g/mol. The molecule has 2 aromatic carbocycles. The Morgan fingerprint density at radius 3 is 2.55 bits per heavy atom. The maximum atomic E-state index is 13.6. The fraction of sp³-hybridized carbons (Fsp3) is 0.235. The third kappa shape index (κ3) is 2.93. The molecule has 3 nitrogen and oxygen atoms in total. The van der Waals surface area contributed by atoms with Gasteiger partial charge in [0, 0.05) is 6.54 Å². The number of rotatable bonds is 2. The molecule has 0 spiro atoms. The van der Waals surface area contributed by atoms with Crippen molar-refractivity contribution < 1.29 is 13.6 Å². The summed E-state index contributed by atoms with van der Waals surface area (Å²) in [5.74, 6) is -0.766. The molecule has 1 aliphatic heterocycles. The molecule has 0 saturated carbocycles. The van der Waals surface area contributed by atoms with Gasteiger partial charge < -0.3 is 10.2 Å². The van der Waals surface area contributed by atoms with Gasteiger partial charge in [0.15, 0.2) is 0 Å². The summed E-state index contributed by atoms with van der Waals surface area (Å²) in [7, 11) is 0. The van der Waals surface area contributed by atoms with Crippen molar-refractivity contribution in [2.45, 2.75) is 18.9 Å². The third-order valence-electron chi connectivity index (χ3n) is 3.88. The summed E-state index contributed by atoms with van der Waals surface area (Å²) in [6.45, 7) is 0.600. The van der Waals surface area contributed by atoms with Crippen molar-refractivity contribution in [3.05, 3.63) is 65.7 Å². The number of likely N-dealkylation sites (tertiary alicyclic amines) is 1. The van der Waals surface area contributed by atoms with Gasteiger partial charge in [0.1, 0.15) is 11.6 Å². The van der Waals surface area contributed by atoms with E-state index in [1.54, 1.807) is 29.2 Å². The number of nitrogens with zero attached hydrogens (tertiary/aromatic N) is 1. The number of benzene rings is 2.